The molecule has 2 aromatic rings. The topological polar surface area (TPSA) is 43.8 Å². The van der Waals surface area contributed by atoms with Crippen LogP contribution in [0.25, 0.3) is 0 Å². The number of nitrogens with zero attached hydrogens (tertiary/aromatic N) is 2. The second-order valence-corrected chi connectivity index (χ2v) is 5.13. The zero-order valence-electron chi connectivity index (χ0n) is 10.3. The lowest BCUT2D eigenvalue weighted by Crippen LogP contribution is -2.13. The molecule has 5 heteroatoms. The van der Waals surface area contributed by atoms with Crippen molar-refractivity contribution >= 4 is 23.2 Å². The quantitative estimate of drug-likeness (QED) is 0.940. The molecule has 2 N–H and O–H groups in total. The van der Waals surface area contributed by atoms with E-state index in [9.17, 15) is 0 Å². The molecule has 0 fully saturated rings. The van der Waals surface area contributed by atoms with Gasteiger partial charge in [-0.25, -0.2) is 0 Å². The lowest BCUT2D eigenvalue weighted by molar-refractivity contribution is 0.718. The van der Waals surface area contributed by atoms with Crippen LogP contribution in [0.3, 0.4) is 0 Å². The van der Waals surface area contributed by atoms with Gasteiger partial charge in [0.15, 0.2) is 0 Å². The summed E-state index contributed by atoms with van der Waals surface area (Å²) in [5.41, 5.74) is 9.15. The number of rotatable bonds is 3. The molecule has 0 aliphatic heterocycles. The third-order valence-corrected chi connectivity index (χ3v) is 3.72. The predicted octanol–water partition coefficient (Wildman–Crippen LogP) is 3.28. The van der Waals surface area contributed by atoms with Crippen molar-refractivity contribution in [2.75, 3.05) is 0 Å². The van der Waals surface area contributed by atoms with Crippen LogP contribution >= 0.6 is 23.2 Å². The highest BCUT2D eigenvalue weighted by molar-refractivity contribution is 6.30. The largest absolute Gasteiger partial charge is 0.324 e. The Morgan fingerprint density at radius 1 is 1.28 bits per heavy atom. The highest BCUT2D eigenvalue weighted by atomic mass is 35.5. The SMILES string of the molecule is Cc1nn(C)c(Cl)c1CC(N)c1ccc(Cl)cc1. The van der Waals surface area contributed by atoms with E-state index < -0.39 is 0 Å². The van der Waals surface area contributed by atoms with Gasteiger partial charge in [-0.1, -0.05) is 35.3 Å². The van der Waals surface area contributed by atoms with E-state index in [0.717, 1.165) is 16.8 Å². The Bertz CT molecular complexity index is 546. The van der Waals surface area contributed by atoms with Crippen molar-refractivity contribution in [3.63, 3.8) is 0 Å². The Balaban J connectivity index is 2.21. The second-order valence-electron chi connectivity index (χ2n) is 4.34. The first-order valence-corrected chi connectivity index (χ1v) is 6.43. The maximum absolute atomic E-state index is 6.19. The fourth-order valence-electron chi connectivity index (χ4n) is 1.95. The van der Waals surface area contributed by atoms with E-state index in [-0.39, 0.29) is 6.04 Å². The molecule has 1 unspecified atom stereocenters. The van der Waals surface area contributed by atoms with Crippen molar-refractivity contribution in [1.29, 1.82) is 0 Å². The number of benzene rings is 1. The molecular formula is C13H15Cl2N3. The van der Waals surface area contributed by atoms with E-state index in [1.165, 1.54) is 0 Å². The highest BCUT2D eigenvalue weighted by Crippen LogP contribution is 2.25. The van der Waals surface area contributed by atoms with Crippen LogP contribution in [0, 0.1) is 6.92 Å². The number of aromatic nitrogens is 2. The van der Waals surface area contributed by atoms with Crippen LogP contribution in [0.1, 0.15) is 22.9 Å². The fraction of sp³-hybridized carbons (Fsp3) is 0.308. The summed E-state index contributed by atoms with van der Waals surface area (Å²) in [4.78, 5) is 0. The number of hydrogen-bond acceptors (Lipinski definition) is 2. The first-order chi connectivity index (χ1) is 8.49. The first kappa shape index (κ1) is 13.4. The summed E-state index contributed by atoms with van der Waals surface area (Å²) >= 11 is 12.0. The molecule has 18 heavy (non-hydrogen) atoms. The monoisotopic (exact) mass is 283 g/mol. The molecule has 1 aromatic heterocycles. The average molecular weight is 284 g/mol. The minimum atomic E-state index is -0.109. The Labute approximate surface area is 117 Å². The van der Waals surface area contributed by atoms with Crippen molar-refractivity contribution in [1.82, 2.24) is 9.78 Å². The second kappa shape index (κ2) is 5.31. The van der Waals surface area contributed by atoms with Gasteiger partial charge in [-0.3, -0.25) is 4.68 Å². The third kappa shape index (κ3) is 2.69. The number of hydrogen-bond donors (Lipinski definition) is 1. The molecule has 1 aromatic carbocycles. The zero-order valence-corrected chi connectivity index (χ0v) is 11.8. The van der Waals surface area contributed by atoms with Gasteiger partial charge in [-0.15, -0.1) is 0 Å². The van der Waals surface area contributed by atoms with Gasteiger partial charge in [0.25, 0.3) is 0 Å². The lowest BCUT2D eigenvalue weighted by atomic mass is 10.0. The molecule has 0 spiro atoms. The van der Waals surface area contributed by atoms with Crippen molar-refractivity contribution in [2.24, 2.45) is 12.8 Å². The molecule has 0 aliphatic rings. The van der Waals surface area contributed by atoms with Crippen LogP contribution in [0.15, 0.2) is 24.3 Å². The molecule has 3 nitrogen and oxygen atoms in total. The summed E-state index contributed by atoms with van der Waals surface area (Å²) < 4.78 is 1.67. The zero-order chi connectivity index (χ0) is 13.3. The lowest BCUT2D eigenvalue weighted by Gasteiger charge is -2.12. The van der Waals surface area contributed by atoms with Crippen LogP contribution in [0.5, 0.6) is 0 Å². The molecule has 0 bridgehead atoms. The van der Waals surface area contributed by atoms with E-state index >= 15 is 0 Å². The molecular weight excluding hydrogens is 269 g/mol. The Kier molecular flexibility index (Phi) is 3.95. The fourth-order valence-corrected chi connectivity index (χ4v) is 2.33. The predicted molar refractivity (Wildman–Crippen MR) is 75.0 cm³/mol. The number of aryl methyl sites for hydroxylation is 2. The standard InChI is InChI=1S/C13H15Cl2N3/c1-8-11(13(15)18(2)17-8)7-12(16)9-3-5-10(14)6-4-9/h3-6,12H,7,16H2,1-2H3. The molecule has 2 rings (SSSR count). The average Bonchev–Trinajstić information content (AvgIpc) is 2.57. The minimum Gasteiger partial charge on any atom is -0.324 e. The van der Waals surface area contributed by atoms with Crippen molar-refractivity contribution in [3.8, 4) is 0 Å². The van der Waals surface area contributed by atoms with E-state index in [4.69, 9.17) is 28.9 Å². The Morgan fingerprint density at radius 2 is 1.89 bits per heavy atom. The van der Waals surface area contributed by atoms with Gasteiger partial charge < -0.3 is 5.73 Å². The van der Waals surface area contributed by atoms with E-state index in [1.54, 1.807) is 4.68 Å². The van der Waals surface area contributed by atoms with Crippen LogP contribution in [0.4, 0.5) is 0 Å². The molecule has 1 heterocycles. The third-order valence-electron chi connectivity index (χ3n) is 2.99. The highest BCUT2D eigenvalue weighted by Gasteiger charge is 2.15. The molecule has 0 saturated heterocycles. The van der Waals surface area contributed by atoms with Crippen molar-refractivity contribution < 1.29 is 0 Å². The summed E-state index contributed by atoms with van der Waals surface area (Å²) in [6.07, 6.45) is 0.667. The maximum Gasteiger partial charge on any atom is 0.130 e. The summed E-state index contributed by atoms with van der Waals surface area (Å²) in [5, 5.41) is 5.64. The smallest absolute Gasteiger partial charge is 0.130 e. The van der Waals surface area contributed by atoms with Gasteiger partial charge in [0.05, 0.1) is 5.69 Å². The van der Waals surface area contributed by atoms with Crippen LogP contribution in [-0.4, -0.2) is 9.78 Å². The summed E-state index contributed by atoms with van der Waals surface area (Å²) in [6, 6.07) is 7.45. The van der Waals surface area contributed by atoms with Crippen LogP contribution in [-0.2, 0) is 13.5 Å². The molecule has 0 aliphatic carbocycles. The van der Waals surface area contributed by atoms with Crippen molar-refractivity contribution in [2.45, 2.75) is 19.4 Å². The van der Waals surface area contributed by atoms with Gasteiger partial charge in [0.2, 0.25) is 0 Å². The summed E-state index contributed by atoms with van der Waals surface area (Å²) in [5.74, 6) is 0. The normalized spacial score (nSPS) is 12.7. The summed E-state index contributed by atoms with van der Waals surface area (Å²) in [6.45, 7) is 1.94. The summed E-state index contributed by atoms with van der Waals surface area (Å²) in [7, 11) is 1.83. The Hall–Kier alpha value is -1.03. The molecule has 0 amide bonds. The van der Waals surface area contributed by atoms with Crippen LogP contribution in [0.2, 0.25) is 10.2 Å². The van der Waals surface area contributed by atoms with E-state index in [2.05, 4.69) is 5.10 Å². The van der Waals surface area contributed by atoms with Crippen molar-refractivity contribution in [3.05, 3.63) is 51.3 Å². The van der Waals surface area contributed by atoms with Crippen LogP contribution < -0.4 is 5.73 Å². The minimum absolute atomic E-state index is 0.109. The van der Waals surface area contributed by atoms with Gasteiger partial charge >= 0.3 is 0 Å². The van der Waals surface area contributed by atoms with E-state index in [0.29, 0.717) is 16.6 Å². The van der Waals surface area contributed by atoms with E-state index in [1.807, 2.05) is 38.2 Å². The Morgan fingerprint density at radius 3 is 2.39 bits per heavy atom. The molecule has 0 radical (unpaired) electrons. The van der Waals surface area contributed by atoms with Gasteiger partial charge in [-0.2, -0.15) is 5.10 Å². The molecule has 96 valence electrons. The number of nitrogens with two attached hydrogens (primary N) is 1. The molecule has 1 atom stereocenters. The molecule has 0 saturated carbocycles. The van der Waals surface area contributed by atoms with Gasteiger partial charge in [0.1, 0.15) is 5.15 Å². The number of halogens is 2. The van der Waals surface area contributed by atoms with Gasteiger partial charge in [0, 0.05) is 23.7 Å². The first-order valence-electron chi connectivity index (χ1n) is 5.68. The van der Waals surface area contributed by atoms with Gasteiger partial charge in [-0.05, 0) is 31.0 Å². The maximum atomic E-state index is 6.19.